The lowest BCUT2D eigenvalue weighted by molar-refractivity contribution is -0.115. The average molecular weight is 438 g/mol. The van der Waals surface area contributed by atoms with Gasteiger partial charge in [-0.25, -0.2) is 14.4 Å². The van der Waals surface area contributed by atoms with Gasteiger partial charge in [-0.05, 0) is 43.2 Å². The molecule has 2 aromatic heterocycles. The smallest absolute Gasteiger partial charge is 0.231 e. The van der Waals surface area contributed by atoms with Crippen molar-refractivity contribution in [3.8, 4) is 22.5 Å². The van der Waals surface area contributed by atoms with Crippen molar-refractivity contribution in [3.63, 3.8) is 0 Å². The van der Waals surface area contributed by atoms with E-state index in [9.17, 15) is 9.18 Å². The number of aryl methyl sites for hydroxylation is 2. The molecule has 1 amide bonds. The topological polar surface area (TPSA) is 54.9 Å². The summed E-state index contributed by atoms with van der Waals surface area (Å²) in [6.45, 7) is 4.02. The lowest BCUT2D eigenvalue weighted by Crippen LogP contribution is -2.14. The van der Waals surface area contributed by atoms with Crippen molar-refractivity contribution in [3.05, 3.63) is 75.2 Å². The van der Waals surface area contributed by atoms with Crippen LogP contribution in [0.2, 0.25) is 0 Å². The predicted octanol–water partition coefficient (Wildman–Crippen LogP) is 6.12. The van der Waals surface area contributed by atoms with E-state index in [0.29, 0.717) is 5.13 Å². The number of carbonyl (C=O) groups excluding carboxylic acids is 1. The van der Waals surface area contributed by atoms with Gasteiger partial charge in [0.2, 0.25) is 5.91 Å². The molecule has 0 saturated heterocycles. The van der Waals surface area contributed by atoms with Crippen LogP contribution in [-0.2, 0) is 17.6 Å². The van der Waals surface area contributed by atoms with E-state index >= 15 is 0 Å². The van der Waals surface area contributed by atoms with E-state index in [1.54, 1.807) is 12.1 Å². The Balaban J connectivity index is 1.47. The van der Waals surface area contributed by atoms with Gasteiger partial charge in [-0.1, -0.05) is 31.2 Å². The molecule has 0 aliphatic heterocycles. The van der Waals surface area contributed by atoms with E-state index < -0.39 is 0 Å². The van der Waals surface area contributed by atoms with Gasteiger partial charge < -0.3 is 5.32 Å². The Labute approximate surface area is 182 Å². The molecule has 0 fully saturated rings. The van der Waals surface area contributed by atoms with Gasteiger partial charge in [-0.15, -0.1) is 22.7 Å². The lowest BCUT2D eigenvalue weighted by Gasteiger charge is -2.03. The van der Waals surface area contributed by atoms with Crippen LogP contribution in [0.3, 0.4) is 0 Å². The van der Waals surface area contributed by atoms with Gasteiger partial charge in [0.1, 0.15) is 5.82 Å². The van der Waals surface area contributed by atoms with Crippen LogP contribution in [0.5, 0.6) is 0 Å². The molecule has 152 valence electrons. The largest absolute Gasteiger partial charge is 0.302 e. The first-order chi connectivity index (χ1) is 14.5. The van der Waals surface area contributed by atoms with Crippen molar-refractivity contribution in [2.45, 2.75) is 26.7 Å². The zero-order chi connectivity index (χ0) is 21.1. The molecule has 0 atom stereocenters. The van der Waals surface area contributed by atoms with Crippen molar-refractivity contribution in [2.75, 3.05) is 5.32 Å². The van der Waals surface area contributed by atoms with Gasteiger partial charge in [0.05, 0.1) is 22.8 Å². The Morgan fingerprint density at radius 1 is 1.03 bits per heavy atom. The molecule has 4 nitrogen and oxygen atoms in total. The molecule has 0 spiro atoms. The van der Waals surface area contributed by atoms with Crippen molar-refractivity contribution in [2.24, 2.45) is 0 Å². The summed E-state index contributed by atoms with van der Waals surface area (Å²) in [5, 5.41) is 6.26. The molecule has 2 heterocycles. The van der Waals surface area contributed by atoms with Gasteiger partial charge in [0, 0.05) is 21.4 Å². The number of benzene rings is 2. The van der Waals surface area contributed by atoms with Crippen LogP contribution in [0.4, 0.5) is 9.52 Å². The Kier molecular flexibility index (Phi) is 6.01. The van der Waals surface area contributed by atoms with E-state index in [2.05, 4.69) is 46.5 Å². The van der Waals surface area contributed by atoms with Crippen molar-refractivity contribution >= 4 is 33.7 Å². The summed E-state index contributed by atoms with van der Waals surface area (Å²) >= 11 is 2.88. The molecule has 0 bridgehead atoms. The van der Waals surface area contributed by atoms with E-state index in [4.69, 9.17) is 0 Å². The van der Waals surface area contributed by atoms with Crippen LogP contribution in [-0.4, -0.2) is 15.9 Å². The van der Waals surface area contributed by atoms with E-state index in [-0.39, 0.29) is 18.1 Å². The fraction of sp³-hybridized carbons (Fsp3) is 0.174. The predicted molar refractivity (Wildman–Crippen MR) is 122 cm³/mol. The van der Waals surface area contributed by atoms with E-state index in [0.717, 1.165) is 38.8 Å². The Morgan fingerprint density at radius 2 is 1.73 bits per heavy atom. The number of hydrogen-bond donors (Lipinski definition) is 1. The van der Waals surface area contributed by atoms with Gasteiger partial charge in [0.25, 0.3) is 0 Å². The van der Waals surface area contributed by atoms with Crippen LogP contribution in [0.1, 0.15) is 22.4 Å². The second-order valence-corrected chi connectivity index (χ2v) is 8.97. The van der Waals surface area contributed by atoms with Crippen LogP contribution < -0.4 is 5.32 Å². The molecule has 4 rings (SSSR count). The first-order valence-corrected chi connectivity index (χ1v) is 11.3. The highest BCUT2D eigenvalue weighted by Gasteiger charge is 2.16. The maximum Gasteiger partial charge on any atom is 0.231 e. The third kappa shape index (κ3) is 4.63. The number of anilines is 1. The SMILES string of the molecule is CCc1ccc(-c2csc(NC(=O)Cc3sc(C)nc3-c3ccc(F)cc3)n2)cc1. The summed E-state index contributed by atoms with van der Waals surface area (Å²) in [6.07, 6.45) is 1.19. The average Bonchev–Trinajstić information content (AvgIpc) is 3.35. The van der Waals surface area contributed by atoms with Gasteiger partial charge in [-0.2, -0.15) is 0 Å². The van der Waals surface area contributed by atoms with Crippen LogP contribution in [0, 0.1) is 12.7 Å². The number of amides is 1. The summed E-state index contributed by atoms with van der Waals surface area (Å²) in [7, 11) is 0. The highest BCUT2D eigenvalue weighted by Crippen LogP contribution is 2.30. The molecular weight excluding hydrogens is 417 g/mol. The number of halogens is 1. The quantitative estimate of drug-likeness (QED) is 0.395. The summed E-state index contributed by atoms with van der Waals surface area (Å²) in [6, 6.07) is 14.5. The first kappa shape index (κ1) is 20.4. The molecule has 0 aliphatic carbocycles. The monoisotopic (exact) mass is 437 g/mol. The summed E-state index contributed by atoms with van der Waals surface area (Å²) in [4.78, 5) is 22.6. The van der Waals surface area contributed by atoms with Gasteiger partial charge >= 0.3 is 0 Å². The number of nitrogens with zero attached hydrogens (tertiary/aromatic N) is 2. The lowest BCUT2D eigenvalue weighted by atomic mass is 10.1. The fourth-order valence-corrected chi connectivity index (χ4v) is 4.80. The standard InChI is InChI=1S/C23H20FN3OS2/c1-3-15-4-6-16(7-5-15)19-13-29-23(26-19)27-21(28)12-20-22(25-14(2)30-20)17-8-10-18(24)11-9-17/h4-11,13H,3,12H2,1-2H3,(H,26,27,28). The maximum atomic E-state index is 13.2. The second kappa shape index (κ2) is 8.85. The second-order valence-electron chi connectivity index (χ2n) is 6.82. The molecule has 0 radical (unpaired) electrons. The Hall–Kier alpha value is -2.90. The highest BCUT2D eigenvalue weighted by atomic mass is 32.1. The molecule has 2 aromatic carbocycles. The van der Waals surface area contributed by atoms with Crippen molar-refractivity contribution in [1.82, 2.24) is 9.97 Å². The van der Waals surface area contributed by atoms with Crippen LogP contribution in [0.25, 0.3) is 22.5 Å². The van der Waals surface area contributed by atoms with Gasteiger partial charge in [-0.3, -0.25) is 4.79 Å². The number of aromatic nitrogens is 2. The van der Waals surface area contributed by atoms with Crippen LogP contribution in [0.15, 0.2) is 53.9 Å². The third-order valence-electron chi connectivity index (χ3n) is 4.65. The van der Waals surface area contributed by atoms with E-state index in [1.165, 1.54) is 40.4 Å². The molecule has 0 saturated carbocycles. The molecule has 0 aliphatic rings. The zero-order valence-electron chi connectivity index (χ0n) is 16.6. The maximum absolute atomic E-state index is 13.2. The van der Waals surface area contributed by atoms with E-state index in [1.807, 2.05) is 12.3 Å². The molecule has 30 heavy (non-hydrogen) atoms. The number of nitrogens with one attached hydrogen (secondary N) is 1. The Morgan fingerprint density at radius 3 is 2.43 bits per heavy atom. The summed E-state index contributed by atoms with van der Waals surface area (Å²) in [5.74, 6) is -0.446. The minimum Gasteiger partial charge on any atom is -0.302 e. The van der Waals surface area contributed by atoms with Crippen molar-refractivity contribution in [1.29, 1.82) is 0 Å². The number of rotatable bonds is 6. The van der Waals surface area contributed by atoms with Crippen LogP contribution >= 0.6 is 22.7 Å². The zero-order valence-corrected chi connectivity index (χ0v) is 18.2. The first-order valence-electron chi connectivity index (χ1n) is 9.58. The number of carbonyl (C=O) groups is 1. The number of hydrogen-bond acceptors (Lipinski definition) is 5. The fourth-order valence-electron chi connectivity index (χ4n) is 3.11. The Bertz CT molecular complexity index is 1160. The highest BCUT2D eigenvalue weighted by molar-refractivity contribution is 7.14. The van der Waals surface area contributed by atoms with Crippen molar-refractivity contribution < 1.29 is 9.18 Å². The normalized spacial score (nSPS) is 10.9. The minimum absolute atomic E-state index is 0.149. The molecule has 1 N–H and O–H groups in total. The molecule has 4 aromatic rings. The summed E-state index contributed by atoms with van der Waals surface area (Å²) in [5.41, 5.74) is 4.68. The minimum atomic E-state index is -0.297. The molecule has 0 unspecified atom stereocenters. The third-order valence-corrected chi connectivity index (χ3v) is 6.38. The van der Waals surface area contributed by atoms with Gasteiger partial charge in [0.15, 0.2) is 5.13 Å². The summed E-state index contributed by atoms with van der Waals surface area (Å²) < 4.78 is 13.2. The molecule has 7 heteroatoms. The number of thiazole rings is 2. The molecular formula is C23H20FN3OS2.